The van der Waals surface area contributed by atoms with Crippen molar-refractivity contribution in [2.75, 3.05) is 45.8 Å². The third-order valence-electron chi connectivity index (χ3n) is 4.49. The molecule has 0 spiro atoms. The molecule has 1 unspecified atom stereocenters. The van der Waals surface area contributed by atoms with Crippen molar-refractivity contribution in [3.8, 4) is 0 Å². The quantitative estimate of drug-likeness (QED) is 0.919. The molecular weight excluding hydrogens is 290 g/mol. The van der Waals surface area contributed by atoms with E-state index in [-0.39, 0.29) is 12.4 Å². The maximum atomic E-state index is 3.51. The summed E-state index contributed by atoms with van der Waals surface area (Å²) < 4.78 is 0. The van der Waals surface area contributed by atoms with E-state index in [0.717, 1.165) is 6.54 Å². The normalized spacial score (nSPS) is 28.4. The SMILES string of the molecule is CC1(CN2CCN(Cc3cccs3)CC2)CCNC1.Cl. The number of rotatable bonds is 4. The zero-order valence-electron chi connectivity index (χ0n) is 12.3. The van der Waals surface area contributed by atoms with Crippen LogP contribution in [-0.2, 0) is 6.54 Å². The highest BCUT2D eigenvalue weighted by molar-refractivity contribution is 7.09. The third-order valence-corrected chi connectivity index (χ3v) is 5.35. The second-order valence-electron chi connectivity index (χ2n) is 6.37. The van der Waals surface area contributed by atoms with E-state index in [9.17, 15) is 0 Å². The summed E-state index contributed by atoms with van der Waals surface area (Å²) in [6.07, 6.45) is 1.34. The van der Waals surface area contributed by atoms with Crippen LogP contribution in [0.25, 0.3) is 0 Å². The maximum Gasteiger partial charge on any atom is 0.0328 e. The van der Waals surface area contributed by atoms with Crippen LogP contribution in [0.4, 0.5) is 0 Å². The first kappa shape index (κ1) is 16.2. The summed E-state index contributed by atoms with van der Waals surface area (Å²) in [5, 5.41) is 5.69. The summed E-state index contributed by atoms with van der Waals surface area (Å²) in [7, 11) is 0. The highest BCUT2D eigenvalue weighted by Gasteiger charge is 2.31. The molecule has 5 heteroatoms. The number of thiophene rings is 1. The standard InChI is InChI=1S/C15H25N3S.ClH/c1-15(4-5-16-12-15)13-18-8-6-17(7-9-18)11-14-3-2-10-19-14;/h2-3,10,16H,4-9,11-13H2,1H3;1H. The van der Waals surface area contributed by atoms with Gasteiger partial charge < -0.3 is 10.2 Å². The van der Waals surface area contributed by atoms with Crippen molar-refractivity contribution >= 4 is 23.7 Å². The van der Waals surface area contributed by atoms with Crippen molar-refractivity contribution in [1.29, 1.82) is 0 Å². The van der Waals surface area contributed by atoms with Crippen molar-refractivity contribution in [1.82, 2.24) is 15.1 Å². The Balaban J connectivity index is 0.00000147. The fourth-order valence-electron chi connectivity index (χ4n) is 3.27. The molecule has 1 aromatic rings. The Bertz CT molecular complexity index is 382. The van der Waals surface area contributed by atoms with Crippen LogP contribution in [0.3, 0.4) is 0 Å². The highest BCUT2D eigenvalue weighted by Crippen LogP contribution is 2.26. The lowest BCUT2D eigenvalue weighted by Crippen LogP contribution is -2.49. The molecule has 0 saturated carbocycles. The Morgan fingerprint density at radius 2 is 2.00 bits per heavy atom. The average Bonchev–Trinajstić information content (AvgIpc) is 3.04. The van der Waals surface area contributed by atoms with E-state index in [1.54, 1.807) is 0 Å². The first-order chi connectivity index (χ1) is 9.23. The molecule has 0 aromatic carbocycles. The number of piperazine rings is 1. The van der Waals surface area contributed by atoms with Crippen molar-refractivity contribution in [3.05, 3.63) is 22.4 Å². The molecule has 1 aromatic heterocycles. The zero-order chi connectivity index (χ0) is 13.1. The molecule has 1 N–H and O–H groups in total. The van der Waals surface area contributed by atoms with Crippen LogP contribution in [-0.4, -0.2) is 55.6 Å². The molecular formula is C15H26ClN3S. The van der Waals surface area contributed by atoms with Crippen LogP contribution in [0.5, 0.6) is 0 Å². The second-order valence-corrected chi connectivity index (χ2v) is 7.40. The van der Waals surface area contributed by atoms with Gasteiger partial charge in [0.1, 0.15) is 0 Å². The second kappa shape index (κ2) is 7.23. The molecule has 2 saturated heterocycles. The van der Waals surface area contributed by atoms with Crippen molar-refractivity contribution in [2.45, 2.75) is 19.9 Å². The van der Waals surface area contributed by atoms with E-state index in [4.69, 9.17) is 0 Å². The topological polar surface area (TPSA) is 18.5 Å². The molecule has 1 atom stereocenters. The van der Waals surface area contributed by atoms with E-state index in [2.05, 4.69) is 39.6 Å². The largest absolute Gasteiger partial charge is 0.316 e. The lowest BCUT2D eigenvalue weighted by Gasteiger charge is -2.38. The van der Waals surface area contributed by atoms with Gasteiger partial charge >= 0.3 is 0 Å². The zero-order valence-corrected chi connectivity index (χ0v) is 13.9. The smallest absolute Gasteiger partial charge is 0.0328 e. The molecule has 3 heterocycles. The van der Waals surface area contributed by atoms with Crippen LogP contribution in [0, 0.1) is 5.41 Å². The van der Waals surface area contributed by atoms with Gasteiger partial charge in [-0.2, -0.15) is 0 Å². The number of halogens is 1. The predicted octanol–water partition coefficient (Wildman–Crippen LogP) is 2.29. The molecule has 0 radical (unpaired) electrons. The van der Waals surface area contributed by atoms with Crippen LogP contribution >= 0.6 is 23.7 Å². The highest BCUT2D eigenvalue weighted by atomic mass is 35.5. The average molecular weight is 316 g/mol. The van der Waals surface area contributed by atoms with Gasteiger partial charge in [-0.05, 0) is 29.8 Å². The van der Waals surface area contributed by atoms with Crippen molar-refractivity contribution in [3.63, 3.8) is 0 Å². The summed E-state index contributed by atoms with van der Waals surface area (Å²) in [5.41, 5.74) is 0.510. The summed E-state index contributed by atoms with van der Waals surface area (Å²) in [6.45, 7) is 12.2. The molecule has 3 rings (SSSR count). The van der Waals surface area contributed by atoms with Gasteiger partial charge in [-0.1, -0.05) is 13.0 Å². The molecule has 114 valence electrons. The molecule has 3 nitrogen and oxygen atoms in total. The lowest BCUT2D eigenvalue weighted by atomic mass is 9.89. The minimum Gasteiger partial charge on any atom is -0.316 e. The Hall–Kier alpha value is -0.130. The fourth-order valence-corrected chi connectivity index (χ4v) is 4.02. The van der Waals surface area contributed by atoms with Crippen LogP contribution in [0.15, 0.2) is 17.5 Å². The van der Waals surface area contributed by atoms with Gasteiger partial charge in [-0.3, -0.25) is 4.90 Å². The Kier molecular flexibility index (Phi) is 5.87. The van der Waals surface area contributed by atoms with Crippen LogP contribution in [0.2, 0.25) is 0 Å². The lowest BCUT2D eigenvalue weighted by molar-refractivity contribution is 0.0938. The molecule has 20 heavy (non-hydrogen) atoms. The van der Waals surface area contributed by atoms with E-state index < -0.39 is 0 Å². The molecule has 0 aliphatic carbocycles. The minimum absolute atomic E-state index is 0. The van der Waals surface area contributed by atoms with Gasteiger partial charge in [0, 0.05) is 50.7 Å². The van der Waals surface area contributed by atoms with Gasteiger partial charge in [-0.15, -0.1) is 23.7 Å². The molecule has 2 fully saturated rings. The van der Waals surface area contributed by atoms with Gasteiger partial charge in [-0.25, -0.2) is 0 Å². The molecule has 0 bridgehead atoms. The first-order valence-corrected chi connectivity index (χ1v) is 8.29. The van der Waals surface area contributed by atoms with Gasteiger partial charge in [0.15, 0.2) is 0 Å². The Morgan fingerprint density at radius 3 is 2.60 bits per heavy atom. The van der Waals surface area contributed by atoms with Gasteiger partial charge in [0.05, 0.1) is 0 Å². The first-order valence-electron chi connectivity index (χ1n) is 7.41. The number of hydrogen-bond acceptors (Lipinski definition) is 4. The maximum absolute atomic E-state index is 3.51. The fraction of sp³-hybridized carbons (Fsp3) is 0.733. The molecule has 2 aliphatic heterocycles. The van der Waals surface area contributed by atoms with E-state index in [1.165, 1.54) is 57.1 Å². The van der Waals surface area contributed by atoms with E-state index in [1.807, 2.05) is 11.3 Å². The van der Waals surface area contributed by atoms with E-state index >= 15 is 0 Å². The number of nitrogens with zero attached hydrogens (tertiary/aromatic N) is 2. The summed E-state index contributed by atoms with van der Waals surface area (Å²) in [5.74, 6) is 0. The summed E-state index contributed by atoms with van der Waals surface area (Å²) in [6, 6.07) is 4.41. The van der Waals surface area contributed by atoms with Gasteiger partial charge in [0.2, 0.25) is 0 Å². The molecule has 0 amide bonds. The van der Waals surface area contributed by atoms with Crippen molar-refractivity contribution in [2.24, 2.45) is 5.41 Å². The van der Waals surface area contributed by atoms with Gasteiger partial charge in [0.25, 0.3) is 0 Å². The number of hydrogen-bond donors (Lipinski definition) is 1. The monoisotopic (exact) mass is 315 g/mol. The van der Waals surface area contributed by atoms with Crippen LogP contribution in [0.1, 0.15) is 18.2 Å². The number of nitrogens with one attached hydrogen (secondary N) is 1. The van der Waals surface area contributed by atoms with Crippen LogP contribution < -0.4 is 5.32 Å². The Morgan fingerprint density at radius 1 is 1.25 bits per heavy atom. The minimum atomic E-state index is 0. The summed E-state index contributed by atoms with van der Waals surface area (Å²) in [4.78, 5) is 6.76. The third kappa shape index (κ3) is 4.18. The van der Waals surface area contributed by atoms with E-state index in [0.29, 0.717) is 5.41 Å². The summed E-state index contributed by atoms with van der Waals surface area (Å²) >= 11 is 1.88. The van der Waals surface area contributed by atoms with Crippen molar-refractivity contribution < 1.29 is 0 Å². The Labute approximate surface area is 132 Å². The molecule has 2 aliphatic rings. The predicted molar refractivity (Wildman–Crippen MR) is 88.9 cm³/mol.